The monoisotopic (exact) mass is 375 g/mol. The van der Waals surface area contributed by atoms with E-state index in [1.807, 2.05) is 29.5 Å². The van der Waals surface area contributed by atoms with Gasteiger partial charge in [0.25, 0.3) is 5.69 Å². The first-order chi connectivity index (χ1) is 8.90. The quantitative estimate of drug-likeness (QED) is 0.327. The summed E-state index contributed by atoms with van der Waals surface area (Å²) in [4.78, 5) is 31.2. The molecular formula is C13H14INO4. The molecule has 0 aliphatic heterocycles. The number of rotatable bonds is 1. The molecule has 1 fully saturated rings. The van der Waals surface area contributed by atoms with Gasteiger partial charge in [-0.2, -0.15) is 0 Å². The van der Waals surface area contributed by atoms with Gasteiger partial charge in [-0.1, -0.05) is 19.1 Å². The number of nitrogens with zero attached hydrogens (tertiary/aromatic N) is 1. The molecule has 1 aliphatic carbocycles. The molecule has 2 rings (SSSR count). The van der Waals surface area contributed by atoms with Gasteiger partial charge in [-0.25, -0.2) is 0 Å². The predicted molar refractivity (Wildman–Crippen MR) is 78.8 cm³/mol. The summed E-state index contributed by atoms with van der Waals surface area (Å²) in [5, 5.41) is 10.2. The molecule has 19 heavy (non-hydrogen) atoms. The zero-order chi connectivity index (χ0) is 14.4. The Morgan fingerprint density at radius 2 is 1.74 bits per heavy atom. The first kappa shape index (κ1) is 15.7. The van der Waals surface area contributed by atoms with Crippen LogP contribution in [-0.2, 0) is 9.59 Å². The smallest absolute Gasteiger partial charge is 0.282 e. The molecule has 102 valence electrons. The van der Waals surface area contributed by atoms with Gasteiger partial charge in [0.05, 0.1) is 14.9 Å². The van der Waals surface area contributed by atoms with Crippen molar-refractivity contribution in [2.75, 3.05) is 0 Å². The number of hydrogen-bond donors (Lipinski definition) is 0. The van der Waals surface area contributed by atoms with Gasteiger partial charge in [-0.3, -0.25) is 19.7 Å². The van der Waals surface area contributed by atoms with Crippen molar-refractivity contribution in [1.82, 2.24) is 0 Å². The number of carbonyl (C=O) groups is 2. The predicted octanol–water partition coefficient (Wildman–Crippen LogP) is 3.14. The molecule has 1 aromatic carbocycles. The average Bonchev–Trinajstić information content (AvgIpc) is 2.27. The summed E-state index contributed by atoms with van der Waals surface area (Å²) in [6, 6.07) is 6.62. The lowest BCUT2D eigenvalue weighted by Gasteiger charge is -2.13. The number of benzene rings is 1. The summed E-state index contributed by atoms with van der Waals surface area (Å²) >= 11 is 1.93. The van der Waals surface area contributed by atoms with Crippen molar-refractivity contribution in [1.29, 1.82) is 0 Å². The number of nitro benzene ring substituents is 1. The summed E-state index contributed by atoms with van der Waals surface area (Å²) in [6.45, 7) is 1.94. The molecule has 0 atom stereocenters. The standard InChI is InChI=1S/C7H10O2.C6H4INO2/c1-5-2-6(8)4-7(9)3-5;7-5-3-1-2-4-6(5)8(9)10/h5H,2-4H2,1H3;1-4H. The Hall–Kier alpha value is -1.31. The van der Waals surface area contributed by atoms with Crippen LogP contribution in [0.4, 0.5) is 5.69 Å². The summed E-state index contributed by atoms with van der Waals surface area (Å²) in [7, 11) is 0. The maximum atomic E-state index is 10.7. The third kappa shape index (κ3) is 5.46. The van der Waals surface area contributed by atoms with E-state index in [0.717, 1.165) is 0 Å². The van der Waals surface area contributed by atoms with E-state index >= 15 is 0 Å². The Kier molecular flexibility index (Phi) is 6.07. The molecule has 0 bridgehead atoms. The van der Waals surface area contributed by atoms with Gasteiger partial charge in [-0.05, 0) is 34.6 Å². The van der Waals surface area contributed by atoms with Gasteiger partial charge in [0, 0.05) is 18.9 Å². The highest BCUT2D eigenvalue weighted by Crippen LogP contribution is 2.18. The number of carbonyl (C=O) groups excluding carboxylic acids is 2. The van der Waals surface area contributed by atoms with Gasteiger partial charge in [-0.15, -0.1) is 0 Å². The lowest BCUT2D eigenvalue weighted by Crippen LogP contribution is -2.20. The van der Waals surface area contributed by atoms with Gasteiger partial charge >= 0.3 is 0 Å². The van der Waals surface area contributed by atoms with E-state index < -0.39 is 0 Å². The summed E-state index contributed by atoms with van der Waals surface area (Å²) in [5.41, 5.74) is 0.170. The molecule has 0 N–H and O–H groups in total. The van der Waals surface area contributed by atoms with E-state index in [1.165, 1.54) is 6.07 Å². The molecule has 0 heterocycles. The van der Waals surface area contributed by atoms with Crippen LogP contribution >= 0.6 is 22.6 Å². The maximum Gasteiger partial charge on any atom is 0.282 e. The van der Waals surface area contributed by atoms with Gasteiger partial charge in [0.2, 0.25) is 0 Å². The van der Waals surface area contributed by atoms with E-state index in [-0.39, 0.29) is 28.6 Å². The second-order valence-electron chi connectivity index (χ2n) is 4.48. The molecule has 0 aromatic heterocycles. The van der Waals surface area contributed by atoms with Crippen LogP contribution in [0.15, 0.2) is 24.3 Å². The molecule has 6 heteroatoms. The number of hydrogen-bond acceptors (Lipinski definition) is 4. The van der Waals surface area contributed by atoms with E-state index in [1.54, 1.807) is 18.2 Å². The maximum absolute atomic E-state index is 10.7. The van der Waals surface area contributed by atoms with Crippen molar-refractivity contribution in [3.05, 3.63) is 37.9 Å². The largest absolute Gasteiger partial charge is 0.299 e. The molecule has 1 saturated carbocycles. The van der Waals surface area contributed by atoms with Gasteiger partial charge in [0.15, 0.2) is 0 Å². The van der Waals surface area contributed by atoms with Crippen molar-refractivity contribution in [2.45, 2.75) is 26.2 Å². The van der Waals surface area contributed by atoms with Crippen molar-refractivity contribution >= 4 is 39.8 Å². The van der Waals surface area contributed by atoms with E-state index in [0.29, 0.717) is 22.3 Å². The van der Waals surface area contributed by atoms with Crippen LogP contribution in [0.5, 0.6) is 0 Å². The first-order valence-electron chi connectivity index (χ1n) is 5.82. The highest BCUT2D eigenvalue weighted by molar-refractivity contribution is 14.1. The van der Waals surface area contributed by atoms with Crippen molar-refractivity contribution in [3.8, 4) is 0 Å². The lowest BCUT2D eigenvalue weighted by molar-refractivity contribution is -0.385. The summed E-state index contributed by atoms with van der Waals surface area (Å²) in [6.07, 6.45) is 1.39. The van der Waals surface area contributed by atoms with E-state index in [4.69, 9.17) is 0 Å². The molecular weight excluding hydrogens is 361 g/mol. The fourth-order valence-corrected chi connectivity index (χ4v) is 2.40. The minimum atomic E-state index is -0.387. The van der Waals surface area contributed by atoms with Crippen molar-refractivity contribution in [2.24, 2.45) is 5.92 Å². The van der Waals surface area contributed by atoms with Crippen LogP contribution < -0.4 is 0 Å². The number of Topliss-reactive ketones (excluding diaryl/α,β-unsaturated/α-hetero) is 2. The molecule has 0 unspecified atom stereocenters. The Labute approximate surface area is 124 Å². The molecule has 0 radical (unpaired) electrons. The highest BCUT2D eigenvalue weighted by Gasteiger charge is 2.21. The third-order valence-electron chi connectivity index (χ3n) is 2.60. The van der Waals surface area contributed by atoms with Crippen LogP contribution in [0.25, 0.3) is 0 Å². The zero-order valence-corrected chi connectivity index (χ0v) is 12.6. The normalized spacial score (nSPS) is 15.7. The fraction of sp³-hybridized carbons (Fsp3) is 0.385. The molecule has 0 spiro atoms. The topological polar surface area (TPSA) is 77.3 Å². The molecule has 1 aromatic rings. The SMILES string of the molecule is CC1CC(=O)CC(=O)C1.O=[N+]([O-])c1ccccc1I. The highest BCUT2D eigenvalue weighted by atomic mass is 127. The molecule has 5 nitrogen and oxygen atoms in total. The number of halogens is 1. The van der Waals surface area contributed by atoms with E-state index in [9.17, 15) is 19.7 Å². The Bertz CT molecular complexity index is 485. The van der Waals surface area contributed by atoms with Crippen molar-refractivity contribution in [3.63, 3.8) is 0 Å². The second kappa shape index (κ2) is 7.32. The van der Waals surface area contributed by atoms with Crippen LogP contribution in [-0.4, -0.2) is 16.5 Å². The summed E-state index contributed by atoms with van der Waals surface area (Å²) < 4.78 is 0.671. The molecule has 0 saturated heterocycles. The number of para-hydroxylation sites is 1. The molecule has 1 aliphatic rings. The zero-order valence-electron chi connectivity index (χ0n) is 10.5. The summed E-state index contributed by atoms with van der Waals surface area (Å²) in [5.74, 6) is 0.510. The van der Waals surface area contributed by atoms with E-state index in [2.05, 4.69) is 0 Å². The van der Waals surface area contributed by atoms with Gasteiger partial charge < -0.3 is 0 Å². The molecule has 0 amide bonds. The van der Waals surface area contributed by atoms with Crippen molar-refractivity contribution < 1.29 is 14.5 Å². The van der Waals surface area contributed by atoms with Crippen LogP contribution in [0.1, 0.15) is 26.2 Å². The second-order valence-corrected chi connectivity index (χ2v) is 5.64. The Morgan fingerprint density at radius 1 is 1.21 bits per heavy atom. The number of ketones is 2. The number of nitro groups is 1. The van der Waals surface area contributed by atoms with Gasteiger partial charge in [0.1, 0.15) is 11.6 Å². The van der Waals surface area contributed by atoms with Crippen LogP contribution in [0, 0.1) is 19.6 Å². The fourth-order valence-electron chi connectivity index (χ4n) is 1.81. The van der Waals surface area contributed by atoms with Crippen LogP contribution in [0.2, 0.25) is 0 Å². The van der Waals surface area contributed by atoms with Crippen LogP contribution in [0.3, 0.4) is 0 Å². The third-order valence-corrected chi connectivity index (χ3v) is 3.51. The average molecular weight is 375 g/mol. The minimum Gasteiger partial charge on any atom is -0.299 e. The lowest BCUT2D eigenvalue weighted by atomic mass is 9.89. The Morgan fingerprint density at radius 3 is 2.11 bits per heavy atom. The first-order valence-corrected chi connectivity index (χ1v) is 6.90. The Balaban J connectivity index is 0.000000191. The minimum absolute atomic E-state index is 0.110.